The smallest absolute Gasteiger partial charge is 0.359 e. The first-order valence-electron chi connectivity index (χ1n) is 5.99. The van der Waals surface area contributed by atoms with Crippen LogP contribution in [0.4, 0.5) is 10.2 Å². The van der Waals surface area contributed by atoms with Crippen molar-refractivity contribution in [2.45, 2.75) is 4.90 Å². The molecule has 0 bridgehead atoms. The summed E-state index contributed by atoms with van der Waals surface area (Å²) >= 11 is 11.6. The molecular formula is C12H8Cl2FN3O5S. The van der Waals surface area contributed by atoms with Crippen LogP contribution in [0.15, 0.2) is 23.1 Å². The van der Waals surface area contributed by atoms with Gasteiger partial charge in [-0.05, 0) is 12.1 Å². The van der Waals surface area contributed by atoms with Crippen molar-refractivity contribution in [1.82, 2.24) is 9.97 Å². The molecule has 24 heavy (non-hydrogen) atoms. The van der Waals surface area contributed by atoms with Crippen molar-refractivity contribution in [3.05, 3.63) is 39.9 Å². The van der Waals surface area contributed by atoms with Gasteiger partial charge >= 0.3 is 5.97 Å². The van der Waals surface area contributed by atoms with Crippen LogP contribution in [0.1, 0.15) is 10.5 Å². The van der Waals surface area contributed by atoms with Crippen LogP contribution in [-0.4, -0.2) is 36.6 Å². The van der Waals surface area contributed by atoms with Crippen molar-refractivity contribution in [2.24, 2.45) is 0 Å². The van der Waals surface area contributed by atoms with Crippen LogP contribution < -0.4 is 9.46 Å². The zero-order valence-corrected chi connectivity index (χ0v) is 14.1. The predicted molar refractivity (Wildman–Crippen MR) is 82.8 cm³/mol. The van der Waals surface area contributed by atoms with Crippen molar-refractivity contribution in [1.29, 1.82) is 0 Å². The first-order valence-corrected chi connectivity index (χ1v) is 8.23. The third-order valence-corrected chi connectivity index (χ3v) is 4.97. The Kier molecular flexibility index (Phi) is 5.11. The number of methoxy groups -OCH3 is 1. The van der Waals surface area contributed by atoms with E-state index in [1.54, 1.807) is 0 Å². The van der Waals surface area contributed by atoms with Gasteiger partial charge in [0.15, 0.2) is 0 Å². The van der Waals surface area contributed by atoms with E-state index in [2.05, 4.69) is 9.97 Å². The second kappa shape index (κ2) is 6.75. The van der Waals surface area contributed by atoms with E-state index < -0.39 is 39.3 Å². The molecule has 128 valence electrons. The SMILES string of the molecule is COc1nc(F)c(C(=O)O)nc1NS(=O)(=O)c1cccc(Cl)c1Cl. The number of hydrogen-bond acceptors (Lipinski definition) is 6. The highest BCUT2D eigenvalue weighted by Crippen LogP contribution is 2.31. The Labute approximate surface area is 145 Å². The number of ether oxygens (including phenoxy) is 1. The number of benzene rings is 1. The Morgan fingerprint density at radius 1 is 1.33 bits per heavy atom. The minimum absolute atomic E-state index is 0.0112. The molecule has 1 heterocycles. The number of carboxylic acids is 1. The molecule has 0 aliphatic heterocycles. The summed E-state index contributed by atoms with van der Waals surface area (Å²) in [5, 5.41) is 8.59. The van der Waals surface area contributed by atoms with Crippen LogP contribution >= 0.6 is 23.2 Å². The maximum atomic E-state index is 13.5. The van der Waals surface area contributed by atoms with Crippen molar-refractivity contribution < 1.29 is 27.4 Å². The molecule has 0 unspecified atom stereocenters. The summed E-state index contributed by atoms with van der Waals surface area (Å²) in [6.07, 6.45) is 0. The van der Waals surface area contributed by atoms with Crippen molar-refractivity contribution >= 4 is 45.0 Å². The molecular weight excluding hydrogens is 388 g/mol. The maximum Gasteiger partial charge on any atom is 0.359 e. The van der Waals surface area contributed by atoms with Crippen LogP contribution in [0.3, 0.4) is 0 Å². The zero-order valence-electron chi connectivity index (χ0n) is 11.7. The maximum absolute atomic E-state index is 13.5. The first kappa shape index (κ1) is 18.2. The molecule has 0 saturated heterocycles. The number of hydrogen-bond donors (Lipinski definition) is 2. The molecule has 2 N–H and O–H groups in total. The molecule has 0 aliphatic rings. The molecule has 0 saturated carbocycles. The monoisotopic (exact) mass is 395 g/mol. The van der Waals surface area contributed by atoms with Gasteiger partial charge in [-0.3, -0.25) is 4.72 Å². The van der Waals surface area contributed by atoms with Crippen LogP contribution in [0, 0.1) is 5.95 Å². The van der Waals surface area contributed by atoms with Crippen molar-refractivity contribution in [3.63, 3.8) is 0 Å². The lowest BCUT2D eigenvalue weighted by Crippen LogP contribution is -2.18. The molecule has 0 fully saturated rings. The number of sulfonamides is 1. The highest BCUT2D eigenvalue weighted by molar-refractivity contribution is 7.92. The fourth-order valence-electron chi connectivity index (χ4n) is 1.62. The van der Waals surface area contributed by atoms with E-state index in [9.17, 15) is 17.6 Å². The summed E-state index contributed by atoms with van der Waals surface area (Å²) in [5.74, 6) is -4.33. The van der Waals surface area contributed by atoms with Crippen LogP contribution in [-0.2, 0) is 10.0 Å². The van der Waals surface area contributed by atoms with Gasteiger partial charge in [0.1, 0.15) is 4.90 Å². The van der Waals surface area contributed by atoms with Gasteiger partial charge in [0.25, 0.3) is 15.9 Å². The minimum Gasteiger partial charge on any atom is -0.478 e. The number of aromatic carboxylic acids is 1. The summed E-state index contributed by atoms with van der Waals surface area (Å²) in [5.41, 5.74) is -1.08. The topological polar surface area (TPSA) is 118 Å². The van der Waals surface area contributed by atoms with Gasteiger partial charge in [-0.25, -0.2) is 18.2 Å². The number of nitrogens with zero attached hydrogens (tertiary/aromatic N) is 2. The number of halogens is 3. The van der Waals surface area contributed by atoms with Gasteiger partial charge in [-0.2, -0.15) is 9.37 Å². The number of aromatic nitrogens is 2. The zero-order chi connectivity index (χ0) is 18.1. The molecule has 0 radical (unpaired) electrons. The van der Waals surface area contributed by atoms with Crippen LogP contribution in [0.5, 0.6) is 5.88 Å². The average molecular weight is 396 g/mol. The normalized spacial score (nSPS) is 11.2. The highest BCUT2D eigenvalue weighted by atomic mass is 35.5. The Balaban J connectivity index is 2.55. The molecule has 1 aromatic heterocycles. The van der Waals surface area contributed by atoms with Gasteiger partial charge in [0.05, 0.1) is 17.2 Å². The van der Waals surface area contributed by atoms with Gasteiger partial charge in [0.2, 0.25) is 17.5 Å². The van der Waals surface area contributed by atoms with E-state index in [1.807, 2.05) is 4.72 Å². The molecule has 12 heteroatoms. The van der Waals surface area contributed by atoms with E-state index in [1.165, 1.54) is 12.1 Å². The van der Waals surface area contributed by atoms with E-state index >= 15 is 0 Å². The lowest BCUT2D eigenvalue weighted by Gasteiger charge is -2.12. The van der Waals surface area contributed by atoms with Gasteiger partial charge < -0.3 is 9.84 Å². The van der Waals surface area contributed by atoms with Gasteiger partial charge in [-0.1, -0.05) is 29.3 Å². The Hall–Kier alpha value is -2.17. The number of carbonyl (C=O) groups is 1. The summed E-state index contributed by atoms with van der Waals surface area (Å²) in [7, 11) is -3.24. The van der Waals surface area contributed by atoms with Gasteiger partial charge in [0, 0.05) is 0 Å². The number of carboxylic acid groups (broad SMARTS) is 1. The fourth-order valence-corrected chi connectivity index (χ4v) is 3.38. The minimum atomic E-state index is -4.32. The van der Waals surface area contributed by atoms with Crippen molar-refractivity contribution in [3.8, 4) is 5.88 Å². The van der Waals surface area contributed by atoms with E-state index in [-0.39, 0.29) is 14.9 Å². The molecule has 0 atom stereocenters. The van der Waals surface area contributed by atoms with E-state index in [4.69, 9.17) is 33.0 Å². The number of rotatable bonds is 5. The molecule has 8 nitrogen and oxygen atoms in total. The van der Waals surface area contributed by atoms with Crippen LogP contribution in [0.25, 0.3) is 0 Å². The predicted octanol–water partition coefficient (Wildman–Crippen LogP) is 2.43. The Bertz CT molecular complexity index is 923. The largest absolute Gasteiger partial charge is 0.478 e. The molecule has 2 rings (SSSR count). The van der Waals surface area contributed by atoms with Crippen molar-refractivity contribution in [2.75, 3.05) is 11.8 Å². The standard InChI is InChI=1S/C12H8Cl2FN3O5S/c1-23-11-10(16-8(12(19)20)9(15)17-11)18-24(21,22)6-4-2-3-5(13)7(6)14/h2-4H,1H3,(H,16,18)(H,19,20). The first-order chi connectivity index (χ1) is 11.2. The number of anilines is 1. The second-order valence-electron chi connectivity index (χ2n) is 4.18. The molecule has 1 aromatic carbocycles. The summed E-state index contributed by atoms with van der Waals surface area (Å²) in [6, 6.07) is 3.89. The third-order valence-electron chi connectivity index (χ3n) is 2.65. The van der Waals surface area contributed by atoms with E-state index in [0.717, 1.165) is 13.2 Å². The fraction of sp³-hybridized carbons (Fsp3) is 0.0833. The Morgan fingerprint density at radius 3 is 2.58 bits per heavy atom. The van der Waals surface area contributed by atoms with Crippen LogP contribution in [0.2, 0.25) is 10.0 Å². The summed E-state index contributed by atoms with van der Waals surface area (Å²) < 4.78 is 44.9. The Morgan fingerprint density at radius 2 is 2.00 bits per heavy atom. The second-order valence-corrected chi connectivity index (χ2v) is 6.62. The van der Waals surface area contributed by atoms with E-state index in [0.29, 0.717) is 0 Å². The summed E-state index contributed by atoms with van der Waals surface area (Å²) in [4.78, 5) is 17.1. The molecule has 0 amide bonds. The molecule has 2 aromatic rings. The third kappa shape index (κ3) is 3.50. The quantitative estimate of drug-likeness (QED) is 0.797. The lowest BCUT2D eigenvalue weighted by molar-refractivity contribution is 0.0683. The highest BCUT2D eigenvalue weighted by Gasteiger charge is 2.25. The molecule has 0 aliphatic carbocycles. The van der Waals surface area contributed by atoms with Gasteiger partial charge in [-0.15, -0.1) is 0 Å². The molecule has 0 spiro atoms. The lowest BCUT2D eigenvalue weighted by atomic mass is 10.4. The average Bonchev–Trinajstić information content (AvgIpc) is 2.50. The summed E-state index contributed by atoms with van der Waals surface area (Å²) in [6.45, 7) is 0. The number of nitrogens with one attached hydrogen (secondary N) is 1.